The van der Waals surface area contributed by atoms with Gasteiger partial charge in [0.05, 0.1) is 12.0 Å². The van der Waals surface area contributed by atoms with Crippen molar-refractivity contribution in [3.05, 3.63) is 18.2 Å². The second-order valence-electron chi connectivity index (χ2n) is 4.80. The highest BCUT2D eigenvalue weighted by atomic mass is 32.2. The van der Waals surface area contributed by atoms with Crippen molar-refractivity contribution >= 4 is 15.7 Å². The molecular weight excluding hydrogens is 240 g/mol. The van der Waals surface area contributed by atoms with E-state index in [1.165, 1.54) is 19.2 Å². The number of methoxy groups -OCH3 is 1. The van der Waals surface area contributed by atoms with E-state index in [2.05, 4.69) is 4.72 Å². The molecule has 0 spiro atoms. The normalized spacial score (nSPS) is 12.5. The molecule has 0 amide bonds. The molecule has 6 heteroatoms. The zero-order valence-electron chi connectivity index (χ0n) is 10.4. The van der Waals surface area contributed by atoms with Crippen LogP contribution >= 0.6 is 0 Å². The standard InChI is InChI=1S/C11H18N2O3S/c1-11(2,3)13-17(14,15)10-6-8(12)5-9(7-10)16-4/h5-7,13H,12H2,1-4H3. The molecule has 17 heavy (non-hydrogen) atoms. The Bertz CT molecular complexity index is 504. The molecule has 1 aromatic carbocycles. The lowest BCUT2D eigenvalue weighted by molar-refractivity contribution is 0.413. The van der Waals surface area contributed by atoms with Crippen molar-refractivity contribution in [2.24, 2.45) is 0 Å². The van der Waals surface area contributed by atoms with Crippen molar-refractivity contribution < 1.29 is 13.2 Å². The van der Waals surface area contributed by atoms with Crippen LogP contribution in [0, 0.1) is 0 Å². The highest BCUT2D eigenvalue weighted by Gasteiger charge is 2.22. The van der Waals surface area contributed by atoms with Crippen LogP contribution in [0.1, 0.15) is 20.8 Å². The van der Waals surface area contributed by atoms with Crippen LogP contribution < -0.4 is 15.2 Å². The van der Waals surface area contributed by atoms with Gasteiger partial charge in [0.2, 0.25) is 10.0 Å². The number of nitrogen functional groups attached to an aromatic ring is 1. The predicted octanol–water partition coefficient (Wildman–Crippen LogP) is 1.35. The maximum absolute atomic E-state index is 12.0. The Kier molecular flexibility index (Phi) is 3.68. The van der Waals surface area contributed by atoms with Crippen molar-refractivity contribution in [2.45, 2.75) is 31.2 Å². The Morgan fingerprint density at radius 1 is 1.24 bits per heavy atom. The summed E-state index contributed by atoms with van der Waals surface area (Å²) in [5.41, 5.74) is 5.42. The lowest BCUT2D eigenvalue weighted by Gasteiger charge is -2.20. The molecule has 1 rings (SSSR count). The first-order chi connectivity index (χ1) is 7.64. The van der Waals surface area contributed by atoms with E-state index in [1.54, 1.807) is 26.8 Å². The molecule has 0 atom stereocenters. The SMILES string of the molecule is COc1cc(N)cc(S(=O)(=O)NC(C)(C)C)c1. The van der Waals surface area contributed by atoms with E-state index in [0.717, 1.165) is 0 Å². The van der Waals surface area contributed by atoms with E-state index in [-0.39, 0.29) is 4.90 Å². The second kappa shape index (κ2) is 4.54. The summed E-state index contributed by atoms with van der Waals surface area (Å²) >= 11 is 0. The van der Waals surface area contributed by atoms with Gasteiger partial charge in [0.15, 0.2) is 0 Å². The fourth-order valence-electron chi connectivity index (χ4n) is 1.33. The molecule has 0 heterocycles. The minimum absolute atomic E-state index is 0.101. The minimum atomic E-state index is -3.58. The summed E-state index contributed by atoms with van der Waals surface area (Å²) < 4.78 is 31.6. The Morgan fingerprint density at radius 3 is 2.29 bits per heavy atom. The van der Waals surface area contributed by atoms with Gasteiger partial charge in [-0.2, -0.15) is 0 Å². The highest BCUT2D eigenvalue weighted by molar-refractivity contribution is 7.89. The van der Waals surface area contributed by atoms with Crippen LogP contribution in [0.3, 0.4) is 0 Å². The van der Waals surface area contributed by atoms with Crippen molar-refractivity contribution in [3.63, 3.8) is 0 Å². The fourth-order valence-corrected chi connectivity index (χ4v) is 2.82. The molecule has 0 unspecified atom stereocenters. The van der Waals surface area contributed by atoms with Gasteiger partial charge in [-0.1, -0.05) is 0 Å². The third-order valence-corrected chi connectivity index (χ3v) is 3.63. The first-order valence-electron chi connectivity index (χ1n) is 5.12. The topological polar surface area (TPSA) is 81.4 Å². The van der Waals surface area contributed by atoms with Gasteiger partial charge in [-0.15, -0.1) is 0 Å². The lowest BCUT2D eigenvalue weighted by atomic mass is 10.1. The Balaban J connectivity index is 3.20. The van der Waals surface area contributed by atoms with Crippen molar-refractivity contribution in [1.29, 1.82) is 0 Å². The summed E-state index contributed by atoms with van der Waals surface area (Å²) in [5.74, 6) is 0.416. The van der Waals surface area contributed by atoms with E-state index in [1.807, 2.05) is 0 Å². The van der Waals surface area contributed by atoms with Gasteiger partial charge in [0.25, 0.3) is 0 Å². The first-order valence-corrected chi connectivity index (χ1v) is 6.61. The van der Waals surface area contributed by atoms with Crippen molar-refractivity contribution in [3.8, 4) is 5.75 Å². The first kappa shape index (κ1) is 13.8. The van der Waals surface area contributed by atoms with Gasteiger partial charge >= 0.3 is 0 Å². The Labute approximate surface area is 102 Å². The smallest absolute Gasteiger partial charge is 0.241 e. The lowest BCUT2D eigenvalue weighted by Crippen LogP contribution is -2.40. The van der Waals surface area contributed by atoms with Crippen LogP contribution in [0.15, 0.2) is 23.1 Å². The maximum Gasteiger partial charge on any atom is 0.241 e. The molecule has 1 aromatic rings. The number of sulfonamides is 1. The number of hydrogen-bond donors (Lipinski definition) is 2. The number of anilines is 1. The van der Waals surface area contributed by atoms with E-state index >= 15 is 0 Å². The van der Waals surface area contributed by atoms with Crippen molar-refractivity contribution in [1.82, 2.24) is 4.72 Å². The predicted molar refractivity (Wildman–Crippen MR) is 67.5 cm³/mol. The maximum atomic E-state index is 12.0. The van der Waals surface area contributed by atoms with Crippen LogP contribution in [0.25, 0.3) is 0 Å². The molecule has 0 aliphatic heterocycles. The van der Waals surface area contributed by atoms with Crippen LogP contribution in [0.2, 0.25) is 0 Å². The molecule has 0 aromatic heterocycles. The summed E-state index contributed by atoms with van der Waals surface area (Å²) in [7, 11) is -2.12. The number of hydrogen-bond acceptors (Lipinski definition) is 4. The van der Waals surface area contributed by atoms with E-state index in [4.69, 9.17) is 10.5 Å². The summed E-state index contributed by atoms with van der Waals surface area (Å²) in [6.07, 6.45) is 0. The molecule has 0 aliphatic rings. The molecule has 0 bridgehead atoms. The van der Waals surface area contributed by atoms with E-state index in [9.17, 15) is 8.42 Å². The van der Waals surface area contributed by atoms with Gasteiger partial charge in [0, 0.05) is 23.4 Å². The second-order valence-corrected chi connectivity index (χ2v) is 6.48. The number of nitrogens with two attached hydrogens (primary N) is 1. The molecule has 0 aliphatic carbocycles. The quantitative estimate of drug-likeness (QED) is 0.802. The molecule has 0 saturated carbocycles. The Morgan fingerprint density at radius 2 is 1.82 bits per heavy atom. The van der Waals surface area contributed by atoms with E-state index < -0.39 is 15.6 Å². The average molecular weight is 258 g/mol. The monoisotopic (exact) mass is 258 g/mol. The molecule has 96 valence electrons. The van der Waals surface area contributed by atoms with Crippen LogP contribution in [0.5, 0.6) is 5.75 Å². The highest BCUT2D eigenvalue weighted by Crippen LogP contribution is 2.22. The van der Waals surface area contributed by atoms with Crippen LogP contribution in [0.4, 0.5) is 5.69 Å². The summed E-state index contributed by atoms with van der Waals surface area (Å²) in [6.45, 7) is 5.32. The van der Waals surface area contributed by atoms with Crippen LogP contribution in [-0.4, -0.2) is 21.1 Å². The van der Waals surface area contributed by atoms with Gasteiger partial charge in [-0.3, -0.25) is 0 Å². The van der Waals surface area contributed by atoms with Gasteiger partial charge < -0.3 is 10.5 Å². The zero-order valence-corrected chi connectivity index (χ0v) is 11.3. The minimum Gasteiger partial charge on any atom is -0.497 e. The third kappa shape index (κ3) is 3.90. The van der Waals surface area contributed by atoms with Crippen molar-refractivity contribution in [2.75, 3.05) is 12.8 Å². The number of ether oxygens (including phenoxy) is 1. The largest absolute Gasteiger partial charge is 0.497 e. The zero-order chi connectivity index (χ0) is 13.3. The molecule has 0 fully saturated rings. The molecule has 0 radical (unpaired) electrons. The molecule has 0 saturated heterocycles. The number of rotatable bonds is 3. The summed E-state index contributed by atoms with van der Waals surface area (Å²) in [6, 6.07) is 4.40. The van der Waals surface area contributed by atoms with Gasteiger partial charge in [-0.05, 0) is 26.8 Å². The third-order valence-electron chi connectivity index (χ3n) is 1.89. The van der Waals surface area contributed by atoms with Gasteiger partial charge in [-0.25, -0.2) is 13.1 Å². The summed E-state index contributed by atoms with van der Waals surface area (Å²) in [5, 5.41) is 0. The summed E-state index contributed by atoms with van der Waals surface area (Å²) in [4.78, 5) is 0.101. The number of nitrogens with one attached hydrogen (secondary N) is 1. The van der Waals surface area contributed by atoms with Crippen LogP contribution in [-0.2, 0) is 10.0 Å². The molecule has 3 N–H and O–H groups in total. The fraction of sp³-hybridized carbons (Fsp3) is 0.455. The average Bonchev–Trinajstić information content (AvgIpc) is 2.13. The van der Waals surface area contributed by atoms with E-state index in [0.29, 0.717) is 11.4 Å². The number of benzene rings is 1. The molecule has 5 nitrogen and oxygen atoms in total. The molecular formula is C11H18N2O3S. The Hall–Kier alpha value is -1.27. The van der Waals surface area contributed by atoms with Gasteiger partial charge in [0.1, 0.15) is 5.75 Å².